The largest absolute Gasteiger partial charge is 0.0622 e. The Labute approximate surface area is 340 Å². The van der Waals surface area contributed by atoms with Crippen LogP contribution in [0.3, 0.4) is 0 Å². The van der Waals surface area contributed by atoms with Crippen LogP contribution < -0.4 is 31.8 Å². The van der Waals surface area contributed by atoms with Gasteiger partial charge in [-0.3, -0.25) is 0 Å². The summed E-state index contributed by atoms with van der Waals surface area (Å²) in [5.41, 5.74) is -5.65. The van der Waals surface area contributed by atoms with Gasteiger partial charge in [0.1, 0.15) is 0 Å². The minimum atomic E-state index is -6.09. The molecular weight excluding hydrogens is 963 g/mol. The molecule has 55 heavy (non-hydrogen) atoms. The van der Waals surface area contributed by atoms with E-state index in [1.54, 1.807) is 0 Å². The summed E-state index contributed by atoms with van der Waals surface area (Å²) in [4.78, 5) is 0. The Hall–Kier alpha value is -3.48. The van der Waals surface area contributed by atoms with E-state index in [4.69, 9.17) is 17.6 Å². The third-order valence-electron chi connectivity index (χ3n) is 6.66. The van der Waals surface area contributed by atoms with Gasteiger partial charge in [0.2, 0.25) is 0 Å². The third kappa shape index (κ3) is 18.8. The van der Waals surface area contributed by atoms with E-state index >= 15 is 0 Å². The Morgan fingerprint density at radius 1 is 0.564 bits per heavy atom. The predicted octanol–water partition coefficient (Wildman–Crippen LogP) is 8.42. The van der Waals surface area contributed by atoms with Gasteiger partial charge in [0.05, 0.1) is 6.10 Å². The van der Waals surface area contributed by atoms with Crippen molar-refractivity contribution >= 4 is 67.4 Å². The van der Waals surface area contributed by atoms with E-state index in [0.29, 0.717) is 6.10 Å². The van der Waals surface area contributed by atoms with Crippen LogP contribution in [0.4, 0.5) is 13.2 Å². The second-order valence-corrected chi connectivity index (χ2v) is 16.1. The van der Waals surface area contributed by atoms with Gasteiger partial charge in [-0.1, -0.05) is 182 Å². The van der Waals surface area contributed by atoms with Gasteiger partial charge < -0.3 is 9.29 Å². The van der Waals surface area contributed by atoms with Gasteiger partial charge in [-0.25, -0.2) is 8.42 Å². The fraction of sp³-hybridized carbons (Fsp3) is 0.0476. The van der Waals surface area contributed by atoms with Gasteiger partial charge in [0.15, 0.2) is 10.1 Å². The maximum atomic E-state index is 10.7. The molecule has 0 aromatic heterocycles. The van der Waals surface area contributed by atoms with Gasteiger partial charge in [-0.2, -0.15) is 13.2 Å². The summed E-state index contributed by atoms with van der Waals surface area (Å²) < 4.78 is 70.8. The standard InChI is InChI=1S/2C18H15P.C4H7O.CHF3O3S.CO.ClH.Ir/c2*1-4-10-16(11-5-1)19(17-12-6-2-7-13-17)18-14-8-3-9-15-18;1-4(2)5-3;2-1(3,4)8(5,6)7;1-2;;/h2*1-15H;1-2H2,3H3;(H,5,6,7);;1H;/q;;;;;;+3/p-2. The topological polar surface area (TPSA) is 86.3 Å². The molecule has 6 aromatic rings. The first-order valence-electron chi connectivity index (χ1n) is 15.7. The number of hydrogen-bond donors (Lipinski definition) is 0. The van der Waals surface area contributed by atoms with Crippen molar-refractivity contribution in [2.45, 2.75) is 5.51 Å². The minimum Gasteiger partial charge on any atom is -0.0622 e. The minimum absolute atomic E-state index is 0.446. The molecule has 0 aliphatic carbocycles. The molecule has 0 saturated heterocycles. The van der Waals surface area contributed by atoms with Crippen LogP contribution in [0.2, 0.25) is 0 Å². The number of methoxy groups -OCH3 is 1. The van der Waals surface area contributed by atoms with E-state index in [0.717, 1.165) is 0 Å². The summed E-state index contributed by atoms with van der Waals surface area (Å²) in [6.07, 6.45) is 0.505. The van der Waals surface area contributed by atoms with Crippen molar-refractivity contribution in [1.29, 1.82) is 0 Å². The molecule has 6 aromatic carbocycles. The molecule has 0 N–H and O–H groups in total. The van der Waals surface area contributed by atoms with Gasteiger partial charge in [-0.15, -0.1) is 0 Å². The molecule has 287 valence electrons. The number of hydrogen-bond acceptors (Lipinski definition) is 4. The molecule has 0 spiro atoms. The Bertz CT molecular complexity index is 1660. The zero-order valence-corrected chi connectivity index (χ0v) is 35.2. The first-order chi connectivity index (χ1) is 26.4. The molecule has 0 fully saturated rings. The second-order valence-electron chi connectivity index (χ2n) is 10.3. The summed E-state index contributed by atoms with van der Waals surface area (Å²) in [6, 6.07) is 64.7. The van der Waals surface area contributed by atoms with Crippen molar-refractivity contribution in [2.24, 2.45) is 0 Å². The van der Waals surface area contributed by atoms with Gasteiger partial charge in [0.25, 0.3) is 0 Å². The summed E-state index contributed by atoms with van der Waals surface area (Å²) in [5, 5.41) is 8.39. The van der Waals surface area contributed by atoms with Crippen LogP contribution in [0.15, 0.2) is 182 Å². The third-order valence-corrected chi connectivity index (χ3v) is 12.1. The summed E-state index contributed by atoms with van der Waals surface area (Å²) in [7, 11) is -0.806. The molecule has 0 aliphatic heterocycles. The molecule has 0 atom stereocenters. The van der Waals surface area contributed by atoms with Crippen LogP contribution in [-0.2, 0) is 37.4 Å². The van der Waals surface area contributed by atoms with E-state index in [1.807, 2.05) is 0 Å². The Morgan fingerprint density at radius 2 is 0.691 bits per heavy atom. The van der Waals surface area contributed by atoms with Crippen molar-refractivity contribution in [2.75, 3.05) is 7.11 Å². The Morgan fingerprint density at radius 3 is 0.782 bits per heavy atom. The molecule has 0 saturated carbocycles. The molecule has 13 heteroatoms. The fourth-order valence-corrected chi connectivity index (χ4v) is 8.97. The summed E-state index contributed by atoms with van der Waals surface area (Å²) >= 11 is 1.47. The van der Waals surface area contributed by atoms with Crippen molar-refractivity contribution in [3.05, 3.63) is 209 Å². The van der Waals surface area contributed by atoms with Gasteiger partial charge >= 0.3 is 44.3 Å². The first-order valence-corrected chi connectivity index (χ1v) is 22.8. The average Bonchev–Trinajstić information content (AvgIpc) is 3.22. The number of benzene rings is 6. The maximum absolute atomic E-state index is 10.7. The molecule has 0 heterocycles. The molecule has 0 aliphatic rings. The van der Waals surface area contributed by atoms with Crippen LogP contribution >= 0.6 is 25.4 Å². The number of rotatable bonds is 7. The Balaban J connectivity index is 0.000000394. The molecule has 3 radical (unpaired) electrons. The van der Waals surface area contributed by atoms with E-state index in [1.165, 1.54) is 56.8 Å². The van der Waals surface area contributed by atoms with Crippen LogP contribution in [0.5, 0.6) is 0 Å². The Kier molecular flexibility index (Phi) is 25.2. The average molecular weight is 1000 g/mol. The van der Waals surface area contributed by atoms with Crippen molar-refractivity contribution in [1.82, 2.24) is 0 Å². The second kappa shape index (κ2) is 28.0. The maximum Gasteiger partial charge on any atom is -0.0134 e. The smallest absolute Gasteiger partial charge is 0.0134 e. The van der Waals surface area contributed by atoms with E-state index in [9.17, 15) is 13.2 Å². The number of halogens is 4. The first kappa shape index (κ1) is 49.5. The SMILES string of the molecule is O=S(=O)([O-])C(F)(F)F.[C-]#[O+].[CH2][C]([CH2])OC.[Cl][Ir+2].c1ccc(P(c2ccccc2)c2ccccc2)cc1.c1ccc(P(c2ccccc2)c2ccccc2)cc1. The summed E-state index contributed by atoms with van der Waals surface area (Å²) in [6.45, 7) is 11.2. The van der Waals surface area contributed by atoms with Crippen molar-refractivity contribution in [3.63, 3.8) is 0 Å². The molecule has 5 nitrogen and oxygen atoms in total. The number of ether oxygens (including phenoxy) is 1. The molecule has 0 amide bonds. The molecular formula is C42H37ClF3IrO5P2S+. The van der Waals surface area contributed by atoms with E-state index in [2.05, 4.69) is 217 Å². The van der Waals surface area contributed by atoms with Crippen molar-refractivity contribution in [3.8, 4) is 0 Å². The fourth-order valence-electron chi connectivity index (χ4n) is 4.36. The molecule has 6 rings (SSSR count). The van der Waals surface area contributed by atoms with Crippen LogP contribution in [0.1, 0.15) is 0 Å². The van der Waals surface area contributed by atoms with E-state index < -0.39 is 31.5 Å². The zero-order valence-electron chi connectivity index (χ0n) is 29.4. The van der Waals surface area contributed by atoms with Gasteiger partial charge in [-0.05, 0) is 61.5 Å². The zero-order chi connectivity index (χ0) is 41.1. The molecule has 0 bridgehead atoms. The number of alkyl halides is 3. The van der Waals surface area contributed by atoms with Crippen molar-refractivity contribution < 1.29 is 53.4 Å². The van der Waals surface area contributed by atoms with Crippen LogP contribution in [-0.4, -0.2) is 25.6 Å². The van der Waals surface area contributed by atoms with E-state index in [-0.39, 0.29) is 0 Å². The van der Waals surface area contributed by atoms with Gasteiger partial charge in [0, 0.05) is 7.11 Å². The predicted molar refractivity (Wildman–Crippen MR) is 217 cm³/mol. The molecule has 0 unspecified atom stereocenters. The van der Waals surface area contributed by atoms with Crippen LogP contribution in [0.25, 0.3) is 0 Å². The summed E-state index contributed by atoms with van der Waals surface area (Å²) in [5.74, 6) is 0. The normalized spacial score (nSPS) is 10.4. The quantitative estimate of drug-likeness (QED) is 0.0529. The monoisotopic (exact) mass is 1000 g/mol. The van der Waals surface area contributed by atoms with Crippen LogP contribution in [0, 0.1) is 26.6 Å².